The number of H-pyrrole nitrogens is 1. The number of rotatable bonds is 6. The largest absolute Gasteiger partial charge is 0.417 e. The van der Waals surface area contributed by atoms with Crippen LogP contribution in [0, 0.1) is 5.82 Å². The molecule has 0 bridgehead atoms. The summed E-state index contributed by atoms with van der Waals surface area (Å²) in [6, 6.07) is 13.5. The summed E-state index contributed by atoms with van der Waals surface area (Å²) in [6.45, 7) is 1.06. The van der Waals surface area contributed by atoms with Crippen LogP contribution in [0.4, 0.5) is 4.39 Å². The van der Waals surface area contributed by atoms with Gasteiger partial charge in [-0.15, -0.1) is 0 Å². The lowest BCUT2D eigenvalue weighted by Crippen LogP contribution is -2.35. The molecule has 4 nitrogen and oxygen atoms in total. The van der Waals surface area contributed by atoms with Gasteiger partial charge in [-0.3, -0.25) is 4.98 Å². The summed E-state index contributed by atoms with van der Waals surface area (Å²) < 4.78 is 18.2. The Bertz CT molecular complexity index is 968. The van der Waals surface area contributed by atoms with Crippen molar-refractivity contribution in [3.8, 4) is 0 Å². The number of halogens is 1. The molecule has 0 atom stereocenters. The summed E-state index contributed by atoms with van der Waals surface area (Å²) in [5.74, 6) is -0.0259. The number of benzene rings is 2. The first-order chi connectivity index (χ1) is 13.6. The SMILES string of the molecule is CN(CCCc1ccc(F)cc1)[C@H]1CC[C@H](c2ccc3[nH]c(=O)oc3c2)CC1. The predicted molar refractivity (Wildman–Crippen MR) is 109 cm³/mol. The van der Waals surface area contributed by atoms with Crippen molar-refractivity contribution < 1.29 is 8.81 Å². The number of fused-ring (bicyclic) bond motifs is 1. The number of aromatic amines is 1. The molecule has 0 amide bonds. The van der Waals surface area contributed by atoms with Crippen LogP contribution in [0.25, 0.3) is 11.1 Å². The molecule has 2 aromatic carbocycles. The Balaban J connectivity index is 1.26. The van der Waals surface area contributed by atoms with E-state index in [1.54, 1.807) is 0 Å². The summed E-state index contributed by atoms with van der Waals surface area (Å²) in [4.78, 5) is 16.5. The number of aryl methyl sites for hydroxylation is 1. The van der Waals surface area contributed by atoms with Crippen molar-refractivity contribution >= 4 is 11.1 Å². The fourth-order valence-corrected chi connectivity index (χ4v) is 4.43. The Kier molecular flexibility index (Phi) is 5.62. The predicted octanol–water partition coefficient (Wildman–Crippen LogP) is 4.85. The minimum atomic E-state index is -0.391. The van der Waals surface area contributed by atoms with Crippen molar-refractivity contribution in [1.29, 1.82) is 0 Å². The van der Waals surface area contributed by atoms with Crippen molar-refractivity contribution in [1.82, 2.24) is 9.88 Å². The van der Waals surface area contributed by atoms with Crippen molar-refractivity contribution in [3.05, 3.63) is 70.0 Å². The van der Waals surface area contributed by atoms with E-state index in [2.05, 4.69) is 23.0 Å². The minimum Gasteiger partial charge on any atom is -0.408 e. The van der Waals surface area contributed by atoms with Crippen molar-refractivity contribution in [2.75, 3.05) is 13.6 Å². The second-order valence-electron chi connectivity index (χ2n) is 7.99. The van der Waals surface area contributed by atoms with E-state index in [-0.39, 0.29) is 5.82 Å². The molecular formula is C23H27FN2O2. The Hall–Kier alpha value is -2.40. The quantitative estimate of drug-likeness (QED) is 0.663. The molecule has 1 N–H and O–H groups in total. The van der Waals surface area contributed by atoms with Gasteiger partial charge in [0.15, 0.2) is 5.58 Å². The molecule has 1 saturated carbocycles. The summed E-state index contributed by atoms with van der Waals surface area (Å²) in [5, 5.41) is 0. The van der Waals surface area contributed by atoms with E-state index >= 15 is 0 Å². The Morgan fingerprint density at radius 2 is 1.86 bits per heavy atom. The lowest BCUT2D eigenvalue weighted by atomic mass is 9.81. The van der Waals surface area contributed by atoms with Crippen molar-refractivity contribution in [2.45, 2.75) is 50.5 Å². The van der Waals surface area contributed by atoms with Gasteiger partial charge >= 0.3 is 5.76 Å². The molecule has 5 heteroatoms. The number of hydrogen-bond donors (Lipinski definition) is 1. The van der Waals surface area contributed by atoms with Crippen LogP contribution in [0.15, 0.2) is 51.7 Å². The van der Waals surface area contributed by atoms with Gasteiger partial charge in [0.25, 0.3) is 0 Å². The molecule has 1 aliphatic rings. The standard InChI is InChI=1S/C23H27FN2O2/c1-26(14-2-3-16-4-9-19(24)10-5-16)20-11-6-17(7-12-20)18-8-13-21-22(15-18)28-23(27)25-21/h4-5,8-10,13,15,17,20H,2-3,6-7,11-12,14H2,1H3,(H,25,27)/t17-,20-. The topological polar surface area (TPSA) is 49.2 Å². The van der Waals surface area contributed by atoms with Gasteiger partial charge in [-0.05, 0) is 93.4 Å². The summed E-state index contributed by atoms with van der Waals surface area (Å²) in [5.41, 5.74) is 3.89. The van der Waals surface area contributed by atoms with Gasteiger partial charge < -0.3 is 9.32 Å². The third-order valence-electron chi connectivity index (χ3n) is 6.13. The molecule has 1 aromatic heterocycles. The van der Waals surface area contributed by atoms with Crippen molar-refractivity contribution in [3.63, 3.8) is 0 Å². The number of oxazole rings is 1. The van der Waals surface area contributed by atoms with E-state index in [0.717, 1.165) is 37.7 Å². The average Bonchev–Trinajstić information content (AvgIpc) is 3.08. The van der Waals surface area contributed by atoms with E-state index in [9.17, 15) is 9.18 Å². The highest BCUT2D eigenvalue weighted by Crippen LogP contribution is 2.35. The summed E-state index contributed by atoms with van der Waals surface area (Å²) >= 11 is 0. The summed E-state index contributed by atoms with van der Waals surface area (Å²) in [7, 11) is 2.22. The van der Waals surface area contributed by atoms with Crippen LogP contribution in [-0.2, 0) is 6.42 Å². The highest BCUT2D eigenvalue weighted by molar-refractivity contribution is 5.72. The zero-order chi connectivity index (χ0) is 19.5. The average molecular weight is 382 g/mol. The van der Waals surface area contributed by atoms with Gasteiger partial charge in [0.1, 0.15) is 5.82 Å². The maximum Gasteiger partial charge on any atom is 0.417 e. The molecule has 3 aromatic rings. The van der Waals surface area contributed by atoms with Crippen LogP contribution in [0.1, 0.15) is 49.1 Å². The van der Waals surface area contributed by atoms with E-state index in [1.165, 1.54) is 36.1 Å². The molecule has 1 heterocycles. The van der Waals surface area contributed by atoms with Gasteiger partial charge in [-0.25, -0.2) is 9.18 Å². The van der Waals surface area contributed by atoms with Crippen LogP contribution >= 0.6 is 0 Å². The molecule has 148 valence electrons. The third kappa shape index (κ3) is 4.36. The van der Waals surface area contributed by atoms with E-state index in [4.69, 9.17) is 4.42 Å². The maximum atomic E-state index is 13.0. The number of nitrogens with one attached hydrogen (secondary N) is 1. The van der Waals surface area contributed by atoms with Crippen LogP contribution in [-0.4, -0.2) is 29.5 Å². The number of nitrogens with zero attached hydrogens (tertiary/aromatic N) is 1. The molecular weight excluding hydrogens is 355 g/mol. The molecule has 0 aliphatic heterocycles. The van der Waals surface area contributed by atoms with Gasteiger partial charge in [0.05, 0.1) is 5.52 Å². The molecule has 1 fully saturated rings. The molecule has 4 rings (SSSR count). The lowest BCUT2D eigenvalue weighted by Gasteiger charge is -2.35. The zero-order valence-corrected chi connectivity index (χ0v) is 16.3. The molecule has 1 aliphatic carbocycles. The van der Waals surface area contributed by atoms with Crippen LogP contribution in [0.5, 0.6) is 0 Å². The van der Waals surface area contributed by atoms with E-state index in [1.807, 2.05) is 24.3 Å². The molecule has 0 unspecified atom stereocenters. The first-order valence-corrected chi connectivity index (χ1v) is 10.2. The van der Waals surface area contributed by atoms with Gasteiger partial charge in [0.2, 0.25) is 0 Å². The third-order valence-corrected chi connectivity index (χ3v) is 6.13. The van der Waals surface area contributed by atoms with E-state index < -0.39 is 5.76 Å². The normalized spacial score (nSPS) is 20.1. The van der Waals surface area contributed by atoms with Crippen molar-refractivity contribution in [2.24, 2.45) is 0 Å². The molecule has 0 saturated heterocycles. The lowest BCUT2D eigenvalue weighted by molar-refractivity contribution is 0.181. The monoisotopic (exact) mass is 382 g/mol. The van der Waals surface area contributed by atoms with E-state index in [0.29, 0.717) is 17.5 Å². The number of hydrogen-bond acceptors (Lipinski definition) is 3. The van der Waals surface area contributed by atoms with Crippen LogP contribution in [0.2, 0.25) is 0 Å². The highest BCUT2D eigenvalue weighted by atomic mass is 19.1. The van der Waals surface area contributed by atoms with Crippen LogP contribution < -0.4 is 5.76 Å². The van der Waals surface area contributed by atoms with Gasteiger partial charge in [-0.1, -0.05) is 18.2 Å². The number of aromatic nitrogens is 1. The first kappa shape index (κ1) is 18.9. The Morgan fingerprint density at radius 3 is 2.61 bits per heavy atom. The summed E-state index contributed by atoms with van der Waals surface area (Å²) in [6.07, 6.45) is 6.77. The minimum absolute atomic E-state index is 0.171. The molecule has 0 radical (unpaired) electrons. The van der Waals surface area contributed by atoms with Crippen LogP contribution in [0.3, 0.4) is 0 Å². The second-order valence-corrected chi connectivity index (χ2v) is 7.99. The fourth-order valence-electron chi connectivity index (χ4n) is 4.43. The zero-order valence-electron chi connectivity index (χ0n) is 16.3. The maximum absolute atomic E-state index is 13.0. The first-order valence-electron chi connectivity index (χ1n) is 10.2. The second kappa shape index (κ2) is 8.31. The fraction of sp³-hybridized carbons (Fsp3) is 0.435. The Labute approximate surface area is 164 Å². The Morgan fingerprint density at radius 1 is 1.11 bits per heavy atom. The molecule has 28 heavy (non-hydrogen) atoms. The van der Waals surface area contributed by atoms with Gasteiger partial charge in [0, 0.05) is 6.04 Å². The molecule has 0 spiro atoms. The highest BCUT2D eigenvalue weighted by Gasteiger charge is 2.25. The van der Waals surface area contributed by atoms with Gasteiger partial charge in [-0.2, -0.15) is 0 Å². The smallest absolute Gasteiger partial charge is 0.408 e.